The van der Waals surface area contributed by atoms with Crippen molar-refractivity contribution >= 4 is 12.0 Å². The highest BCUT2D eigenvalue weighted by Gasteiger charge is 2.52. The van der Waals surface area contributed by atoms with Gasteiger partial charge in [0.25, 0.3) is 0 Å². The van der Waals surface area contributed by atoms with E-state index in [2.05, 4.69) is 6.92 Å². The van der Waals surface area contributed by atoms with E-state index in [1.54, 1.807) is 17.1 Å². The molecule has 2 saturated carbocycles. The van der Waals surface area contributed by atoms with Gasteiger partial charge in [0.05, 0.1) is 13.1 Å². The molecule has 4 heteroatoms. The average molecular weight is 287 g/mol. The van der Waals surface area contributed by atoms with E-state index >= 15 is 0 Å². The topological polar surface area (TPSA) is 53.7 Å². The quantitative estimate of drug-likeness (QED) is 0.865. The first-order chi connectivity index (χ1) is 10.0. The molecule has 1 aromatic heterocycles. The predicted molar refractivity (Wildman–Crippen MR) is 78.5 cm³/mol. The van der Waals surface area contributed by atoms with Crippen LogP contribution in [-0.4, -0.2) is 34.6 Å². The van der Waals surface area contributed by atoms with Crippen LogP contribution in [0.15, 0.2) is 22.6 Å². The Balaban J connectivity index is 1.33. The van der Waals surface area contributed by atoms with Gasteiger partial charge in [0.2, 0.25) is 5.91 Å². The number of furan rings is 1. The third kappa shape index (κ3) is 2.42. The second-order valence-electron chi connectivity index (χ2n) is 6.97. The second-order valence-corrected chi connectivity index (χ2v) is 6.97. The molecule has 2 aliphatic carbocycles. The van der Waals surface area contributed by atoms with Gasteiger partial charge in [-0.25, -0.2) is 0 Å². The van der Waals surface area contributed by atoms with Crippen molar-refractivity contribution in [3.05, 3.63) is 29.7 Å². The van der Waals surface area contributed by atoms with Gasteiger partial charge in [-0.3, -0.25) is 4.79 Å². The van der Waals surface area contributed by atoms with Gasteiger partial charge in [-0.05, 0) is 49.3 Å². The first kappa shape index (κ1) is 13.1. The van der Waals surface area contributed by atoms with Gasteiger partial charge >= 0.3 is 0 Å². The van der Waals surface area contributed by atoms with Crippen molar-refractivity contribution < 1.29 is 14.3 Å². The number of β-amino-alcohol motifs (C(OH)–C–C–N with tert-alkyl or cyclic N) is 1. The van der Waals surface area contributed by atoms with Crippen LogP contribution < -0.4 is 0 Å². The number of rotatable bonds is 4. The van der Waals surface area contributed by atoms with Crippen molar-refractivity contribution in [1.82, 2.24) is 4.90 Å². The monoisotopic (exact) mass is 287 g/mol. The van der Waals surface area contributed by atoms with Crippen LogP contribution in [0.1, 0.15) is 43.6 Å². The number of aliphatic hydroxyl groups is 1. The molecule has 1 aliphatic heterocycles. The van der Waals surface area contributed by atoms with Gasteiger partial charge in [0.1, 0.15) is 17.1 Å². The lowest BCUT2D eigenvalue weighted by molar-refractivity contribution is -0.154. The van der Waals surface area contributed by atoms with E-state index in [0.717, 1.165) is 30.3 Å². The fourth-order valence-electron chi connectivity index (χ4n) is 3.28. The lowest BCUT2D eigenvalue weighted by Gasteiger charge is -2.46. The van der Waals surface area contributed by atoms with E-state index < -0.39 is 5.60 Å². The Labute approximate surface area is 124 Å². The van der Waals surface area contributed by atoms with Crippen molar-refractivity contribution in [1.29, 1.82) is 0 Å². The number of carbonyl (C=O) groups excluding carboxylic acids is 1. The minimum atomic E-state index is -0.608. The van der Waals surface area contributed by atoms with E-state index in [-0.39, 0.29) is 5.91 Å². The Hall–Kier alpha value is -1.55. The normalized spacial score (nSPS) is 30.5. The second kappa shape index (κ2) is 4.47. The Kier molecular flexibility index (Phi) is 2.80. The number of hydrogen-bond donors (Lipinski definition) is 1. The van der Waals surface area contributed by atoms with Gasteiger partial charge < -0.3 is 14.4 Å². The highest BCUT2D eigenvalue weighted by Crippen LogP contribution is 2.47. The Morgan fingerprint density at radius 2 is 2.14 bits per heavy atom. The largest absolute Gasteiger partial charge is 0.461 e. The molecule has 1 N–H and O–H groups in total. The van der Waals surface area contributed by atoms with E-state index in [1.165, 1.54) is 6.42 Å². The van der Waals surface area contributed by atoms with Crippen molar-refractivity contribution in [3.63, 3.8) is 0 Å². The van der Waals surface area contributed by atoms with Crippen LogP contribution in [0.4, 0.5) is 0 Å². The molecule has 4 nitrogen and oxygen atoms in total. The smallest absolute Gasteiger partial charge is 0.246 e. The number of likely N-dealkylation sites (tertiary alicyclic amines) is 1. The summed E-state index contributed by atoms with van der Waals surface area (Å²) in [6.45, 7) is 3.17. The molecule has 1 aromatic rings. The summed E-state index contributed by atoms with van der Waals surface area (Å²) in [6.07, 6.45) is 6.67. The molecule has 3 aliphatic rings. The first-order valence-electron chi connectivity index (χ1n) is 7.84. The van der Waals surface area contributed by atoms with Gasteiger partial charge in [-0.2, -0.15) is 0 Å². The third-order valence-corrected chi connectivity index (χ3v) is 5.09. The molecule has 1 amide bonds. The molecule has 0 spiro atoms. The number of amides is 1. The maximum absolute atomic E-state index is 12.0. The van der Waals surface area contributed by atoms with Crippen LogP contribution in [0.5, 0.6) is 0 Å². The Morgan fingerprint density at radius 1 is 1.43 bits per heavy atom. The molecule has 3 fully saturated rings. The highest BCUT2D eigenvalue weighted by molar-refractivity contribution is 5.92. The summed E-state index contributed by atoms with van der Waals surface area (Å²) in [5.74, 6) is 3.41. The number of nitrogens with zero attached hydrogens (tertiary/aromatic N) is 1. The molecule has 0 radical (unpaired) electrons. The molecule has 112 valence electrons. The first-order valence-corrected chi connectivity index (χ1v) is 7.84. The predicted octanol–water partition coefficient (Wildman–Crippen LogP) is 2.40. The molecule has 4 rings (SSSR count). The van der Waals surface area contributed by atoms with E-state index in [9.17, 15) is 9.90 Å². The highest BCUT2D eigenvalue weighted by atomic mass is 16.3. The molecule has 1 saturated heterocycles. The number of carbonyl (C=O) groups is 1. The van der Waals surface area contributed by atoms with Crippen molar-refractivity contribution in [3.8, 4) is 0 Å². The van der Waals surface area contributed by atoms with Crippen molar-refractivity contribution in [2.24, 2.45) is 11.8 Å². The molecular weight excluding hydrogens is 266 g/mol. The maximum atomic E-state index is 12.0. The SMILES string of the molecule is C[C@@H]1C[C@@H]1c1ccc(/C=C/C(=O)N2CC(O)(C3CC3)C2)o1. The zero-order chi connectivity index (χ0) is 14.6. The molecule has 0 unspecified atom stereocenters. The van der Waals surface area contributed by atoms with E-state index in [4.69, 9.17) is 4.42 Å². The third-order valence-electron chi connectivity index (χ3n) is 5.09. The van der Waals surface area contributed by atoms with Crippen molar-refractivity contribution in [2.75, 3.05) is 13.1 Å². The van der Waals surface area contributed by atoms with Crippen LogP contribution >= 0.6 is 0 Å². The van der Waals surface area contributed by atoms with E-state index in [1.807, 2.05) is 12.1 Å². The maximum Gasteiger partial charge on any atom is 0.246 e. The van der Waals surface area contributed by atoms with Gasteiger partial charge in [0, 0.05) is 12.0 Å². The molecular formula is C17H21NO3. The molecule has 21 heavy (non-hydrogen) atoms. The average Bonchev–Trinajstić information content (AvgIpc) is 3.33. The Bertz CT molecular complexity index is 593. The summed E-state index contributed by atoms with van der Waals surface area (Å²) in [7, 11) is 0. The summed E-state index contributed by atoms with van der Waals surface area (Å²) >= 11 is 0. The molecule has 0 bridgehead atoms. The zero-order valence-electron chi connectivity index (χ0n) is 12.3. The van der Waals surface area contributed by atoms with Crippen LogP contribution in [-0.2, 0) is 4.79 Å². The minimum absolute atomic E-state index is 0.0435. The van der Waals surface area contributed by atoms with E-state index in [0.29, 0.717) is 24.9 Å². The van der Waals surface area contributed by atoms with Crippen molar-refractivity contribution in [2.45, 2.75) is 37.7 Å². The summed E-state index contributed by atoms with van der Waals surface area (Å²) < 4.78 is 5.74. The van der Waals surface area contributed by atoms with Crippen LogP contribution in [0.3, 0.4) is 0 Å². The standard InChI is InChI=1S/C17H21NO3/c1-11-8-14(11)15-6-4-13(21-15)5-7-16(19)18-9-17(20,10-18)12-2-3-12/h4-7,11-12,14,20H,2-3,8-10H2,1H3/b7-5+/t11-,14+/m1/s1. The number of hydrogen-bond acceptors (Lipinski definition) is 3. The zero-order valence-corrected chi connectivity index (χ0v) is 12.3. The molecule has 0 aromatic carbocycles. The molecule has 2 atom stereocenters. The minimum Gasteiger partial charge on any atom is -0.461 e. The van der Waals surface area contributed by atoms with Crippen LogP contribution in [0, 0.1) is 11.8 Å². The summed E-state index contributed by atoms with van der Waals surface area (Å²) in [5, 5.41) is 10.2. The van der Waals surface area contributed by atoms with Gasteiger partial charge in [0.15, 0.2) is 0 Å². The molecule has 2 heterocycles. The lowest BCUT2D eigenvalue weighted by atomic mass is 9.88. The fraction of sp³-hybridized carbons (Fsp3) is 0.588. The van der Waals surface area contributed by atoms with Gasteiger partial charge in [-0.1, -0.05) is 6.92 Å². The summed E-state index contributed by atoms with van der Waals surface area (Å²) in [6, 6.07) is 3.93. The summed E-state index contributed by atoms with van der Waals surface area (Å²) in [4.78, 5) is 13.7. The van der Waals surface area contributed by atoms with Gasteiger partial charge in [-0.15, -0.1) is 0 Å². The van der Waals surface area contributed by atoms with Crippen LogP contribution in [0.25, 0.3) is 6.08 Å². The van der Waals surface area contributed by atoms with Crippen LogP contribution in [0.2, 0.25) is 0 Å². The summed E-state index contributed by atoms with van der Waals surface area (Å²) in [5.41, 5.74) is -0.608. The lowest BCUT2D eigenvalue weighted by Crippen LogP contribution is -2.64. The fourth-order valence-corrected chi connectivity index (χ4v) is 3.28. The Morgan fingerprint density at radius 3 is 2.76 bits per heavy atom.